The Labute approximate surface area is 84.2 Å². The van der Waals surface area contributed by atoms with Gasteiger partial charge in [0.2, 0.25) is 0 Å². The van der Waals surface area contributed by atoms with Crippen molar-refractivity contribution in [1.29, 1.82) is 0 Å². The van der Waals surface area contributed by atoms with Crippen LogP contribution in [-0.2, 0) is 9.53 Å². The lowest BCUT2D eigenvalue weighted by Crippen LogP contribution is -2.51. The summed E-state index contributed by atoms with van der Waals surface area (Å²) in [5.41, 5.74) is 0. The Bertz CT molecular complexity index is 196. The lowest BCUT2D eigenvalue weighted by molar-refractivity contribution is -0.149. The van der Waals surface area contributed by atoms with Gasteiger partial charge in [0.05, 0.1) is 13.2 Å². The molecule has 0 saturated carbocycles. The Balaban J connectivity index is 2.42. The van der Waals surface area contributed by atoms with Gasteiger partial charge in [-0.15, -0.1) is 0 Å². The summed E-state index contributed by atoms with van der Waals surface area (Å²) in [7, 11) is 3.96. The van der Waals surface area contributed by atoms with Crippen molar-refractivity contribution in [2.24, 2.45) is 0 Å². The number of nitrogens with zero attached hydrogens (tertiary/aromatic N) is 2. The standard InChI is InChI=1S/C9H18N2O3/c1-10(2)3-4-11-5-6-14-7-8(11)9(12)13/h8H,3-7H2,1-2H3,(H,12,13). The molecule has 0 aliphatic carbocycles. The maximum atomic E-state index is 10.9. The van der Waals surface area contributed by atoms with Crippen LogP contribution in [0.25, 0.3) is 0 Å². The van der Waals surface area contributed by atoms with Gasteiger partial charge in [0.15, 0.2) is 0 Å². The van der Waals surface area contributed by atoms with Crippen LogP contribution in [0.4, 0.5) is 0 Å². The minimum Gasteiger partial charge on any atom is -0.480 e. The topological polar surface area (TPSA) is 53.0 Å². The van der Waals surface area contributed by atoms with Crippen LogP contribution in [0.2, 0.25) is 0 Å². The Kier molecular flexibility index (Phi) is 4.31. The first-order valence-electron chi connectivity index (χ1n) is 4.80. The van der Waals surface area contributed by atoms with Crippen LogP contribution in [0.3, 0.4) is 0 Å². The molecule has 14 heavy (non-hydrogen) atoms. The lowest BCUT2D eigenvalue weighted by atomic mass is 10.2. The smallest absolute Gasteiger partial charge is 0.323 e. The summed E-state index contributed by atoms with van der Waals surface area (Å²) in [5.74, 6) is -0.788. The van der Waals surface area contributed by atoms with E-state index in [2.05, 4.69) is 0 Å². The quantitative estimate of drug-likeness (QED) is 0.655. The number of carboxylic acid groups (broad SMARTS) is 1. The average Bonchev–Trinajstić information content (AvgIpc) is 2.15. The predicted octanol–water partition coefficient (Wildman–Crippen LogP) is -0.667. The van der Waals surface area contributed by atoms with E-state index >= 15 is 0 Å². The summed E-state index contributed by atoms with van der Waals surface area (Å²) in [5, 5.41) is 8.94. The first kappa shape index (κ1) is 11.4. The van der Waals surface area contributed by atoms with E-state index < -0.39 is 12.0 Å². The summed E-state index contributed by atoms with van der Waals surface area (Å²) in [4.78, 5) is 14.9. The van der Waals surface area contributed by atoms with Crippen molar-refractivity contribution in [3.8, 4) is 0 Å². The lowest BCUT2D eigenvalue weighted by Gasteiger charge is -2.33. The average molecular weight is 202 g/mol. The molecule has 1 aliphatic heterocycles. The minimum atomic E-state index is -0.788. The fourth-order valence-electron chi connectivity index (χ4n) is 1.46. The van der Waals surface area contributed by atoms with E-state index in [0.29, 0.717) is 19.8 Å². The third-order valence-electron chi connectivity index (χ3n) is 2.36. The number of ether oxygens (including phenoxy) is 1. The summed E-state index contributed by atoms with van der Waals surface area (Å²) < 4.78 is 5.14. The molecule has 1 atom stereocenters. The van der Waals surface area contributed by atoms with Crippen molar-refractivity contribution in [2.75, 3.05) is 46.9 Å². The molecule has 0 aromatic carbocycles. The van der Waals surface area contributed by atoms with Crippen molar-refractivity contribution in [2.45, 2.75) is 6.04 Å². The summed E-state index contributed by atoms with van der Waals surface area (Å²) >= 11 is 0. The fraction of sp³-hybridized carbons (Fsp3) is 0.889. The third-order valence-corrected chi connectivity index (χ3v) is 2.36. The molecule has 1 unspecified atom stereocenters. The monoisotopic (exact) mass is 202 g/mol. The number of morpholine rings is 1. The summed E-state index contributed by atoms with van der Waals surface area (Å²) in [6.07, 6.45) is 0. The highest BCUT2D eigenvalue weighted by Gasteiger charge is 2.28. The van der Waals surface area contributed by atoms with E-state index in [4.69, 9.17) is 9.84 Å². The Morgan fingerprint density at radius 2 is 2.36 bits per heavy atom. The highest BCUT2D eigenvalue weighted by Crippen LogP contribution is 2.06. The van der Waals surface area contributed by atoms with Crippen LogP contribution in [0.1, 0.15) is 0 Å². The first-order chi connectivity index (χ1) is 6.61. The molecule has 82 valence electrons. The van der Waals surface area contributed by atoms with Gasteiger partial charge in [0.1, 0.15) is 6.04 Å². The molecular weight excluding hydrogens is 184 g/mol. The van der Waals surface area contributed by atoms with E-state index in [0.717, 1.165) is 13.1 Å². The molecule has 1 rings (SSSR count). The molecular formula is C9H18N2O3. The second kappa shape index (κ2) is 5.29. The van der Waals surface area contributed by atoms with Crippen molar-refractivity contribution < 1.29 is 14.6 Å². The van der Waals surface area contributed by atoms with Crippen LogP contribution in [-0.4, -0.2) is 73.9 Å². The highest BCUT2D eigenvalue weighted by atomic mass is 16.5. The molecule has 0 bridgehead atoms. The van der Waals surface area contributed by atoms with Crippen molar-refractivity contribution in [1.82, 2.24) is 9.80 Å². The van der Waals surface area contributed by atoms with E-state index in [1.807, 2.05) is 23.9 Å². The van der Waals surface area contributed by atoms with Gasteiger partial charge in [-0.3, -0.25) is 9.69 Å². The number of likely N-dealkylation sites (N-methyl/N-ethyl adjacent to an activating group) is 1. The Hall–Kier alpha value is -0.650. The third kappa shape index (κ3) is 3.25. The molecule has 0 radical (unpaired) electrons. The van der Waals surface area contributed by atoms with Crippen molar-refractivity contribution >= 4 is 5.97 Å². The van der Waals surface area contributed by atoms with Gasteiger partial charge in [-0.2, -0.15) is 0 Å². The molecule has 1 aliphatic rings. The summed E-state index contributed by atoms with van der Waals surface area (Å²) in [6, 6.07) is -0.469. The predicted molar refractivity (Wildman–Crippen MR) is 52.4 cm³/mol. The van der Waals surface area contributed by atoms with Crippen LogP contribution < -0.4 is 0 Å². The number of aliphatic carboxylic acids is 1. The number of carboxylic acids is 1. The van der Waals surface area contributed by atoms with E-state index in [-0.39, 0.29) is 0 Å². The number of rotatable bonds is 4. The van der Waals surface area contributed by atoms with Crippen LogP contribution >= 0.6 is 0 Å². The second-order valence-corrected chi connectivity index (χ2v) is 3.77. The van der Waals surface area contributed by atoms with Gasteiger partial charge in [-0.1, -0.05) is 0 Å². The normalized spacial score (nSPS) is 24.1. The van der Waals surface area contributed by atoms with Gasteiger partial charge >= 0.3 is 5.97 Å². The fourth-order valence-corrected chi connectivity index (χ4v) is 1.46. The Morgan fingerprint density at radius 3 is 2.93 bits per heavy atom. The zero-order valence-electron chi connectivity index (χ0n) is 8.77. The number of hydrogen-bond donors (Lipinski definition) is 1. The zero-order valence-corrected chi connectivity index (χ0v) is 8.77. The number of carbonyl (C=O) groups is 1. The van der Waals surface area contributed by atoms with Crippen molar-refractivity contribution in [3.63, 3.8) is 0 Å². The second-order valence-electron chi connectivity index (χ2n) is 3.77. The molecule has 5 heteroatoms. The van der Waals surface area contributed by atoms with Gasteiger partial charge < -0.3 is 14.7 Å². The maximum Gasteiger partial charge on any atom is 0.323 e. The molecule has 1 N–H and O–H groups in total. The van der Waals surface area contributed by atoms with Gasteiger partial charge in [0, 0.05) is 19.6 Å². The van der Waals surface area contributed by atoms with Gasteiger partial charge in [0.25, 0.3) is 0 Å². The largest absolute Gasteiger partial charge is 0.480 e. The van der Waals surface area contributed by atoms with E-state index in [9.17, 15) is 4.79 Å². The van der Waals surface area contributed by atoms with Crippen LogP contribution in [0.5, 0.6) is 0 Å². The van der Waals surface area contributed by atoms with Crippen LogP contribution in [0, 0.1) is 0 Å². The highest BCUT2D eigenvalue weighted by molar-refractivity contribution is 5.73. The molecule has 0 aromatic heterocycles. The Morgan fingerprint density at radius 1 is 1.64 bits per heavy atom. The molecule has 0 aromatic rings. The first-order valence-corrected chi connectivity index (χ1v) is 4.80. The maximum absolute atomic E-state index is 10.9. The minimum absolute atomic E-state index is 0.308. The molecule has 1 saturated heterocycles. The van der Waals surface area contributed by atoms with E-state index in [1.54, 1.807) is 0 Å². The van der Waals surface area contributed by atoms with Gasteiger partial charge in [-0.25, -0.2) is 0 Å². The molecule has 1 fully saturated rings. The molecule has 0 amide bonds. The molecule has 5 nitrogen and oxygen atoms in total. The number of hydrogen-bond acceptors (Lipinski definition) is 4. The summed E-state index contributed by atoms with van der Waals surface area (Å²) in [6.45, 7) is 3.32. The van der Waals surface area contributed by atoms with E-state index in [1.165, 1.54) is 0 Å². The zero-order chi connectivity index (χ0) is 10.6. The van der Waals surface area contributed by atoms with Crippen molar-refractivity contribution in [3.05, 3.63) is 0 Å². The molecule has 0 spiro atoms. The SMILES string of the molecule is CN(C)CCN1CCOCC1C(=O)O. The van der Waals surface area contributed by atoms with Gasteiger partial charge in [-0.05, 0) is 14.1 Å². The molecule has 1 heterocycles. The van der Waals surface area contributed by atoms with Crippen LogP contribution in [0.15, 0.2) is 0 Å².